The summed E-state index contributed by atoms with van der Waals surface area (Å²) in [7, 11) is -4.24. The van der Waals surface area contributed by atoms with E-state index in [0.29, 0.717) is 25.2 Å². The Hall–Kier alpha value is -1.51. The summed E-state index contributed by atoms with van der Waals surface area (Å²) < 4.78 is 45.5. The monoisotopic (exact) mass is 331 g/mol. The van der Waals surface area contributed by atoms with E-state index in [1.165, 1.54) is 6.07 Å². The lowest BCUT2D eigenvalue weighted by Crippen LogP contribution is -2.42. The summed E-state index contributed by atoms with van der Waals surface area (Å²) in [6.45, 7) is 2.58. The predicted molar refractivity (Wildman–Crippen MR) is 76.4 cm³/mol. The molecule has 2 rings (SSSR count). The Morgan fingerprint density at radius 1 is 1.55 bits per heavy atom. The highest BCUT2D eigenvalue weighted by molar-refractivity contribution is 7.89. The fraction of sp³-hybridized carbons (Fsp3) is 0.500. The van der Waals surface area contributed by atoms with Crippen LogP contribution in [0, 0.1) is 18.7 Å². The number of aliphatic carboxylic acids is 1. The molecule has 0 amide bonds. The van der Waals surface area contributed by atoms with E-state index < -0.39 is 32.7 Å². The zero-order chi connectivity index (χ0) is 16.3. The smallest absolute Gasteiger partial charge is 0.321 e. The van der Waals surface area contributed by atoms with Crippen molar-refractivity contribution in [3.8, 4) is 0 Å². The van der Waals surface area contributed by atoms with E-state index in [2.05, 4.69) is 4.72 Å². The van der Waals surface area contributed by atoms with Crippen LogP contribution in [-0.2, 0) is 19.6 Å². The van der Waals surface area contributed by atoms with Crippen molar-refractivity contribution in [2.75, 3.05) is 13.2 Å². The maximum atomic E-state index is 13.8. The molecule has 0 aliphatic carbocycles. The molecule has 2 N–H and O–H groups in total. The highest BCUT2D eigenvalue weighted by Crippen LogP contribution is 2.21. The normalized spacial score (nSPS) is 20.0. The van der Waals surface area contributed by atoms with Crippen LogP contribution in [-0.4, -0.2) is 38.7 Å². The van der Waals surface area contributed by atoms with Gasteiger partial charge in [-0.05, 0) is 43.4 Å². The summed E-state index contributed by atoms with van der Waals surface area (Å²) in [5, 5.41) is 9.20. The second kappa shape index (κ2) is 6.72. The minimum atomic E-state index is -4.24. The van der Waals surface area contributed by atoms with E-state index in [9.17, 15) is 22.7 Å². The number of rotatable bonds is 6. The van der Waals surface area contributed by atoms with Crippen LogP contribution >= 0.6 is 0 Å². The van der Waals surface area contributed by atoms with E-state index in [1.54, 1.807) is 6.92 Å². The Kier molecular flexibility index (Phi) is 5.15. The predicted octanol–water partition coefficient (Wildman–Crippen LogP) is 1.29. The third-order valence-corrected chi connectivity index (χ3v) is 5.07. The van der Waals surface area contributed by atoms with Crippen molar-refractivity contribution in [2.24, 2.45) is 5.92 Å². The summed E-state index contributed by atoms with van der Waals surface area (Å²) in [5.74, 6) is -2.21. The minimum absolute atomic E-state index is 0.0216. The van der Waals surface area contributed by atoms with Gasteiger partial charge in [-0.2, -0.15) is 4.72 Å². The fourth-order valence-electron chi connectivity index (χ4n) is 2.38. The maximum Gasteiger partial charge on any atom is 0.321 e. The first-order valence-corrected chi connectivity index (χ1v) is 8.37. The quantitative estimate of drug-likeness (QED) is 0.819. The Labute approximate surface area is 128 Å². The van der Waals surface area contributed by atoms with Gasteiger partial charge in [0.25, 0.3) is 0 Å². The first kappa shape index (κ1) is 16.9. The lowest BCUT2D eigenvalue weighted by Gasteiger charge is -2.18. The van der Waals surface area contributed by atoms with Crippen LogP contribution in [0.2, 0.25) is 0 Å². The van der Waals surface area contributed by atoms with Gasteiger partial charge in [0.1, 0.15) is 16.8 Å². The third kappa shape index (κ3) is 4.02. The first-order chi connectivity index (χ1) is 10.3. The van der Waals surface area contributed by atoms with Gasteiger partial charge in [-0.15, -0.1) is 0 Å². The molecule has 122 valence electrons. The minimum Gasteiger partial charge on any atom is -0.480 e. The van der Waals surface area contributed by atoms with E-state index >= 15 is 0 Å². The van der Waals surface area contributed by atoms with Crippen molar-refractivity contribution in [3.63, 3.8) is 0 Å². The number of sulfonamides is 1. The molecule has 0 saturated carbocycles. The molecule has 2 atom stereocenters. The van der Waals surface area contributed by atoms with Crippen LogP contribution < -0.4 is 4.72 Å². The summed E-state index contributed by atoms with van der Waals surface area (Å²) in [4.78, 5) is 10.7. The van der Waals surface area contributed by atoms with Crippen LogP contribution in [0.1, 0.15) is 18.4 Å². The molecule has 1 aliphatic rings. The molecule has 8 heteroatoms. The van der Waals surface area contributed by atoms with Crippen LogP contribution in [0.15, 0.2) is 23.1 Å². The number of hydrogen-bond acceptors (Lipinski definition) is 4. The molecule has 1 heterocycles. The topological polar surface area (TPSA) is 92.7 Å². The SMILES string of the molecule is Cc1ccc(S(=O)(=O)NC(CC2CCOC2)C(=O)O)c(F)c1. The molecule has 1 saturated heterocycles. The average molecular weight is 331 g/mol. The number of aryl methyl sites for hydroxylation is 1. The van der Waals surface area contributed by atoms with Gasteiger partial charge in [0, 0.05) is 13.2 Å². The fourth-order valence-corrected chi connectivity index (χ4v) is 3.64. The molecule has 0 spiro atoms. The van der Waals surface area contributed by atoms with Crippen molar-refractivity contribution < 1.29 is 27.4 Å². The molecule has 1 aromatic rings. The number of carbonyl (C=O) groups is 1. The second-order valence-electron chi connectivity index (χ2n) is 5.41. The summed E-state index contributed by atoms with van der Waals surface area (Å²) in [5.41, 5.74) is 0.578. The molecule has 1 fully saturated rings. The number of halogens is 1. The van der Waals surface area contributed by atoms with Gasteiger partial charge < -0.3 is 9.84 Å². The zero-order valence-corrected chi connectivity index (χ0v) is 12.9. The lowest BCUT2D eigenvalue weighted by atomic mass is 10.00. The molecule has 0 bridgehead atoms. The van der Waals surface area contributed by atoms with Crippen molar-refractivity contribution in [2.45, 2.75) is 30.7 Å². The highest BCUT2D eigenvalue weighted by Gasteiger charge is 2.30. The van der Waals surface area contributed by atoms with Gasteiger partial charge >= 0.3 is 5.97 Å². The number of ether oxygens (including phenoxy) is 1. The number of hydrogen-bond donors (Lipinski definition) is 2. The third-order valence-electron chi connectivity index (χ3n) is 3.57. The summed E-state index contributed by atoms with van der Waals surface area (Å²) in [6.07, 6.45) is 0.798. The van der Waals surface area contributed by atoms with Gasteiger partial charge in [0.2, 0.25) is 10.0 Å². The van der Waals surface area contributed by atoms with Gasteiger partial charge in [-0.3, -0.25) is 4.79 Å². The summed E-state index contributed by atoms with van der Waals surface area (Å²) in [6, 6.07) is 2.37. The van der Waals surface area contributed by atoms with Crippen molar-refractivity contribution in [1.29, 1.82) is 0 Å². The molecular formula is C14H18FNO5S. The first-order valence-electron chi connectivity index (χ1n) is 6.88. The number of carboxylic acid groups (broad SMARTS) is 1. The van der Waals surface area contributed by atoms with Crippen molar-refractivity contribution in [3.05, 3.63) is 29.6 Å². The molecule has 22 heavy (non-hydrogen) atoms. The largest absolute Gasteiger partial charge is 0.480 e. The van der Waals surface area contributed by atoms with Crippen molar-refractivity contribution in [1.82, 2.24) is 4.72 Å². The Bertz CT molecular complexity index is 655. The van der Waals surface area contributed by atoms with Gasteiger partial charge in [0.05, 0.1) is 0 Å². The summed E-state index contributed by atoms with van der Waals surface area (Å²) >= 11 is 0. The molecule has 6 nitrogen and oxygen atoms in total. The van der Waals surface area contributed by atoms with Gasteiger partial charge in [-0.25, -0.2) is 12.8 Å². The number of benzene rings is 1. The van der Waals surface area contributed by atoms with Crippen LogP contribution in [0.5, 0.6) is 0 Å². The zero-order valence-electron chi connectivity index (χ0n) is 12.1. The van der Waals surface area contributed by atoms with Crippen LogP contribution in [0.3, 0.4) is 0 Å². The second-order valence-corrected chi connectivity index (χ2v) is 7.09. The number of carboxylic acids is 1. The van der Waals surface area contributed by atoms with E-state index in [4.69, 9.17) is 4.74 Å². The average Bonchev–Trinajstić information content (AvgIpc) is 2.90. The van der Waals surface area contributed by atoms with E-state index in [1.807, 2.05) is 0 Å². The Morgan fingerprint density at radius 2 is 2.27 bits per heavy atom. The molecular weight excluding hydrogens is 313 g/mol. The van der Waals surface area contributed by atoms with Gasteiger partial charge in [-0.1, -0.05) is 6.07 Å². The molecule has 1 aliphatic heterocycles. The Morgan fingerprint density at radius 3 is 2.82 bits per heavy atom. The standard InChI is InChI=1S/C14H18FNO5S/c1-9-2-3-13(11(15)6-9)22(19,20)16-12(14(17)18)7-10-4-5-21-8-10/h2-3,6,10,12,16H,4-5,7-8H2,1H3,(H,17,18). The van der Waals surface area contributed by atoms with E-state index in [0.717, 1.165) is 12.1 Å². The highest BCUT2D eigenvalue weighted by atomic mass is 32.2. The lowest BCUT2D eigenvalue weighted by molar-refractivity contribution is -0.139. The van der Waals surface area contributed by atoms with Crippen LogP contribution in [0.25, 0.3) is 0 Å². The van der Waals surface area contributed by atoms with Crippen molar-refractivity contribution >= 4 is 16.0 Å². The Balaban J connectivity index is 2.18. The van der Waals surface area contributed by atoms with E-state index in [-0.39, 0.29) is 12.3 Å². The van der Waals surface area contributed by atoms with Crippen LogP contribution in [0.4, 0.5) is 4.39 Å². The molecule has 0 aromatic heterocycles. The van der Waals surface area contributed by atoms with Gasteiger partial charge in [0.15, 0.2) is 0 Å². The molecule has 1 aromatic carbocycles. The maximum absolute atomic E-state index is 13.8. The molecule has 0 radical (unpaired) electrons. The number of nitrogens with one attached hydrogen (secondary N) is 1. The molecule has 2 unspecified atom stereocenters.